The molecule has 1 aromatic heterocycles. The Kier molecular flexibility index (Phi) is 2.92. The van der Waals surface area contributed by atoms with Crippen molar-refractivity contribution in [2.75, 3.05) is 13.1 Å². The van der Waals surface area contributed by atoms with Crippen LogP contribution < -0.4 is 0 Å². The van der Waals surface area contributed by atoms with Crippen molar-refractivity contribution in [1.29, 1.82) is 0 Å². The van der Waals surface area contributed by atoms with E-state index in [4.69, 9.17) is 4.63 Å². The molecule has 2 atom stereocenters. The lowest BCUT2D eigenvalue weighted by atomic mass is 9.92. The SMILES string of the molecule is O=C(O)[C@@H]1CN(Cc2cccc3nonc23)C[C@H]1C1CC1. The van der Waals surface area contributed by atoms with E-state index in [0.717, 1.165) is 23.1 Å². The van der Waals surface area contributed by atoms with Gasteiger partial charge in [-0.1, -0.05) is 12.1 Å². The maximum absolute atomic E-state index is 11.4. The molecule has 1 saturated carbocycles. The minimum absolute atomic E-state index is 0.230. The monoisotopic (exact) mass is 287 g/mol. The van der Waals surface area contributed by atoms with E-state index >= 15 is 0 Å². The predicted molar refractivity (Wildman–Crippen MR) is 74.4 cm³/mol. The Morgan fingerprint density at radius 2 is 2.19 bits per heavy atom. The van der Waals surface area contributed by atoms with Crippen molar-refractivity contribution >= 4 is 17.0 Å². The van der Waals surface area contributed by atoms with Crippen LogP contribution >= 0.6 is 0 Å². The lowest BCUT2D eigenvalue weighted by Crippen LogP contribution is -2.24. The lowest BCUT2D eigenvalue weighted by Gasteiger charge is -2.15. The van der Waals surface area contributed by atoms with Crippen molar-refractivity contribution in [2.24, 2.45) is 17.8 Å². The van der Waals surface area contributed by atoms with Crippen LogP contribution in [-0.4, -0.2) is 39.4 Å². The summed E-state index contributed by atoms with van der Waals surface area (Å²) in [7, 11) is 0. The Morgan fingerprint density at radius 1 is 1.33 bits per heavy atom. The zero-order valence-electron chi connectivity index (χ0n) is 11.6. The number of hydrogen-bond acceptors (Lipinski definition) is 5. The molecule has 110 valence electrons. The second-order valence-electron chi connectivity index (χ2n) is 6.19. The Morgan fingerprint density at radius 3 is 2.95 bits per heavy atom. The molecular formula is C15H17N3O3. The fourth-order valence-electron chi connectivity index (χ4n) is 3.54. The standard InChI is InChI=1S/C15H17N3O3/c19-15(20)12-8-18(7-11(12)9-4-5-9)6-10-2-1-3-13-14(10)17-21-16-13/h1-3,9,11-12H,4-8H2,(H,19,20)/t11-,12+/m0/s1. The largest absolute Gasteiger partial charge is 0.481 e. The topological polar surface area (TPSA) is 79.5 Å². The lowest BCUT2D eigenvalue weighted by molar-refractivity contribution is -0.142. The Hall–Kier alpha value is -1.95. The number of aromatic nitrogens is 2. The summed E-state index contributed by atoms with van der Waals surface area (Å²) in [4.78, 5) is 13.7. The first-order chi connectivity index (χ1) is 10.2. The molecule has 0 spiro atoms. The Balaban J connectivity index is 1.55. The van der Waals surface area contributed by atoms with Gasteiger partial charge in [0.2, 0.25) is 0 Å². The van der Waals surface area contributed by atoms with E-state index in [2.05, 4.69) is 15.2 Å². The number of fused-ring (bicyclic) bond motifs is 1. The van der Waals surface area contributed by atoms with E-state index in [1.165, 1.54) is 12.8 Å². The molecule has 21 heavy (non-hydrogen) atoms. The summed E-state index contributed by atoms with van der Waals surface area (Å²) >= 11 is 0. The number of benzene rings is 1. The van der Waals surface area contributed by atoms with E-state index < -0.39 is 5.97 Å². The van der Waals surface area contributed by atoms with Gasteiger partial charge in [-0.2, -0.15) is 0 Å². The number of hydrogen-bond donors (Lipinski definition) is 1. The molecule has 6 nitrogen and oxygen atoms in total. The molecule has 1 aliphatic heterocycles. The van der Waals surface area contributed by atoms with E-state index in [-0.39, 0.29) is 5.92 Å². The maximum Gasteiger partial charge on any atom is 0.308 e. The van der Waals surface area contributed by atoms with Gasteiger partial charge in [0.25, 0.3) is 0 Å². The van der Waals surface area contributed by atoms with Crippen LogP contribution in [-0.2, 0) is 11.3 Å². The maximum atomic E-state index is 11.4. The molecular weight excluding hydrogens is 270 g/mol. The van der Waals surface area contributed by atoms with E-state index in [1.54, 1.807) is 0 Å². The van der Waals surface area contributed by atoms with Crippen LogP contribution in [0.1, 0.15) is 18.4 Å². The second kappa shape index (κ2) is 4.80. The third kappa shape index (κ3) is 2.29. The summed E-state index contributed by atoms with van der Waals surface area (Å²) in [5.74, 6) is 0.0283. The Labute approximate surface area is 121 Å². The third-order valence-electron chi connectivity index (χ3n) is 4.75. The highest BCUT2D eigenvalue weighted by atomic mass is 16.6. The average Bonchev–Trinajstić information content (AvgIpc) is 3.03. The molecule has 0 unspecified atom stereocenters. The minimum Gasteiger partial charge on any atom is -0.481 e. The molecule has 0 amide bonds. The average molecular weight is 287 g/mol. The number of carbonyl (C=O) groups is 1. The summed E-state index contributed by atoms with van der Waals surface area (Å²) in [6.45, 7) is 2.19. The molecule has 1 aromatic carbocycles. The molecule has 1 N–H and O–H groups in total. The second-order valence-corrected chi connectivity index (χ2v) is 6.19. The quantitative estimate of drug-likeness (QED) is 0.923. The fourth-order valence-corrected chi connectivity index (χ4v) is 3.54. The van der Waals surface area contributed by atoms with Gasteiger partial charge in [0.15, 0.2) is 0 Å². The van der Waals surface area contributed by atoms with E-state index in [1.807, 2.05) is 18.2 Å². The minimum atomic E-state index is -0.657. The molecule has 2 aromatic rings. The van der Waals surface area contributed by atoms with Gasteiger partial charge in [-0.3, -0.25) is 9.69 Å². The summed E-state index contributed by atoms with van der Waals surface area (Å²) in [5.41, 5.74) is 2.58. The van der Waals surface area contributed by atoms with Crippen molar-refractivity contribution in [1.82, 2.24) is 15.2 Å². The molecule has 0 bridgehead atoms. The zero-order chi connectivity index (χ0) is 14.4. The summed E-state index contributed by atoms with van der Waals surface area (Å²) in [6, 6.07) is 5.81. The molecule has 1 saturated heterocycles. The highest BCUT2D eigenvalue weighted by Gasteiger charge is 2.45. The van der Waals surface area contributed by atoms with Gasteiger partial charge in [-0.15, -0.1) is 0 Å². The van der Waals surface area contributed by atoms with Crippen LogP contribution in [0.15, 0.2) is 22.8 Å². The predicted octanol–water partition coefficient (Wildman–Crippen LogP) is 1.77. The zero-order valence-corrected chi connectivity index (χ0v) is 11.6. The molecule has 1 aliphatic carbocycles. The van der Waals surface area contributed by atoms with Gasteiger partial charge < -0.3 is 5.11 Å². The Bertz CT molecular complexity index is 680. The van der Waals surface area contributed by atoms with Crippen LogP contribution in [0.5, 0.6) is 0 Å². The first-order valence-corrected chi connectivity index (χ1v) is 7.37. The number of likely N-dealkylation sites (tertiary alicyclic amines) is 1. The number of rotatable bonds is 4. The highest BCUT2D eigenvalue weighted by molar-refractivity contribution is 5.76. The molecule has 2 aliphatic rings. The van der Waals surface area contributed by atoms with Crippen molar-refractivity contribution in [3.05, 3.63) is 23.8 Å². The van der Waals surface area contributed by atoms with Crippen molar-refractivity contribution in [3.63, 3.8) is 0 Å². The molecule has 6 heteroatoms. The van der Waals surface area contributed by atoms with E-state index in [0.29, 0.717) is 24.9 Å². The van der Waals surface area contributed by atoms with Crippen LogP contribution in [0.25, 0.3) is 11.0 Å². The molecule has 4 rings (SSSR count). The number of aliphatic carboxylic acids is 1. The molecule has 2 heterocycles. The van der Waals surface area contributed by atoms with Gasteiger partial charge in [0, 0.05) is 19.6 Å². The van der Waals surface area contributed by atoms with Gasteiger partial charge in [0.1, 0.15) is 11.0 Å². The highest BCUT2D eigenvalue weighted by Crippen LogP contribution is 2.44. The summed E-state index contributed by atoms with van der Waals surface area (Å²) in [6.07, 6.45) is 2.37. The number of carboxylic acid groups (broad SMARTS) is 1. The van der Waals surface area contributed by atoms with Gasteiger partial charge >= 0.3 is 5.97 Å². The summed E-state index contributed by atoms with van der Waals surface area (Å²) in [5, 5.41) is 17.2. The normalized spacial score (nSPS) is 26.5. The fraction of sp³-hybridized carbons (Fsp3) is 0.533. The molecule has 0 radical (unpaired) electrons. The number of carboxylic acids is 1. The third-order valence-corrected chi connectivity index (χ3v) is 4.75. The molecule has 2 fully saturated rings. The smallest absolute Gasteiger partial charge is 0.308 e. The first-order valence-electron chi connectivity index (χ1n) is 7.37. The van der Waals surface area contributed by atoms with Gasteiger partial charge in [-0.05, 0) is 46.6 Å². The van der Waals surface area contributed by atoms with Gasteiger partial charge in [-0.25, -0.2) is 4.63 Å². The van der Waals surface area contributed by atoms with Crippen molar-refractivity contribution < 1.29 is 14.5 Å². The van der Waals surface area contributed by atoms with Crippen molar-refractivity contribution in [3.8, 4) is 0 Å². The van der Waals surface area contributed by atoms with Gasteiger partial charge in [0.05, 0.1) is 5.92 Å². The van der Waals surface area contributed by atoms with Crippen LogP contribution in [0.3, 0.4) is 0 Å². The first kappa shape index (κ1) is 12.8. The van der Waals surface area contributed by atoms with Crippen molar-refractivity contribution in [2.45, 2.75) is 19.4 Å². The van der Waals surface area contributed by atoms with Crippen LogP contribution in [0.4, 0.5) is 0 Å². The summed E-state index contributed by atoms with van der Waals surface area (Å²) < 4.78 is 4.79. The van der Waals surface area contributed by atoms with Crippen LogP contribution in [0, 0.1) is 17.8 Å². The van der Waals surface area contributed by atoms with Crippen LogP contribution in [0.2, 0.25) is 0 Å². The van der Waals surface area contributed by atoms with E-state index in [9.17, 15) is 9.90 Å². The number of nitrogens with zero attached hydrogens (tertiary/aromatic N) is 3.